The van der Waals surface area contributed by atoms with E-state index < -0.39 is 18.0 Å². The molecule has 0 aromatic heterocycles. The maximum absolute atomic E-state index is 10.9. The van der Waals surface area contributed by atoms with Crippen molar-refractivity contribution >= 4 is 17.6 Å². The number of piperidine rings is 1. The second-order valence-electron chi connectivity index (χ2n) is 5.00. The third-order valence-electron chi connectivity index (χ3n) is 3.61. The van der Waals surface area contributed by atoms with Gasteiger partial charge in [-0.25, -0.2) is 0 Å². The third kappa shape index (κ3) is 3.42. The molecule has 1 aliphatic heterocycles. The largest absolute Gasteiger partial charge is 0.495 e. The molecule has 0 saturated carbocycles. The van der Waals surface area contributed by atoms with Gasteiger partial charge < -0.3 is 14.9 Å². The Bertz CT molecular complexity index is 494. The Morgan fingerprint density at radius 2 is 2.30 bits per heavy atom. The zero-order valence-electron chi connectivity index (χ0n) is 11.3. The van der Waals surface area contributed by atoms with E-state index in [9.17, 15) is 9.90 Å². The summed E-state index contributed by atoms with van der Waals surface area (Å²) in [7, 11) is 1.56. The number of carboxylic acid groups (broad SMARTS) is 1. The van der Waals surface area contributed by atoms with Crippen LogP contribution in [0.4, 0.5) is 0 Å². The monoisotopic (exact) mass is 299 g/mol. The first-order chi connectivity index (χ1) is 9.51. The molecule has 1 aromatic rings. The first-order valence-electron chi connectivity index (χ1n) is 6.47. The third-order valence-corrected chi connectivity index (χ3v) is 3.90. The zero-order chi connectivity index (χ0) is 14.7. The second-order valence-corrected chi connectivity index (χ2v) is 5.41. The number of aliphatic hydroxyl groups excluding tert-OH is 1. The minimum atomic E-state index is -0.926. The minimum Gasteiger partial charge on any atom is -0.495 e. The van der Waals surface area contributed by atoms with Crippen molar-refractivity contribution in [3.8, 4) is 5.75 Å². The van der Waals surface area contributed by atoms with E-state index in [2.05, 4.69) is 0 Å². The fourth-order valence-corrected chi connectivity index (χ4v) is 2.78. The predicted octanol–water partition coefficient (Wildman–Crippen LogP) is 1.62. The molecule has 1 heterocycles. The van der Waals surface area contributed by atoms with Gasteiger partial charge in [-0.1, -0.05) is 17.7 Å². The summed E-state index contributed by atoms with van der Waals surface area (Å²) in [5.41, 5.74) is 1.01. The number of aliphatic carboxylic acids is 1. The average molecular weight is 300 g/mol. The minimum absolute atomic E-state index is 0.362. The van der Waals surface area contributed by atoms with Crippen LogP contribution in [0, 0.1) is 5.92 Å². The van der Waals surface area contributed by atoms with Gasteiger partial charge in [0.25, 0.3) is 0 Å². The van der Waals surface area contributed by atoms with E-state index in [0.29, 0.717) is 36.8 Å². The highest BCUT2D eigenvalue weighted by Gasteiger charge is 2.32. The van der Waals surface area contributed by atoms with Crippen LogP contribution < -0.4 is 4.74 Å². The number of hydrogen-bond acceptors (Lipinski definition) is 4. The number of nitrogens with zero attached hydrogens (tertiary/aromatic N) is 1. The van der Waals surface area contributed by atoms with Crippen molar-refractivity contribution in [2.24, 2.45) is 5.92 Å². The van der Waals surface area contributed by atoms with Crippen molar-refractivity contribution in [1.29, 1.82) is 0 Å². The standard InChI is InChI=1S/C14H18ClNO4/c1-20-13-3-2-9(6-11(13)15)7-16-5-4-10(14(18)19)12(17)8-16/h2-3,6,10,12,17H,4-5,7-8H2,1H3,(H,18,19)/t10-,12+/m0/s1. The van der Waals surface area contributed by atoms with Gasteiger partial charge in [-0.05, 0) is 30.7 Å². The lowest BCUT2D eigenvalue weighted by Crippen LogP contribution is -2.46. The van der Waals surface area contributed by atoms with Gasteiger partial charge in [0.05, 0.1) is 24.2 Å². The van der Waals surface area contributed by atoms with Crippen molar-refractivity contribution in [3.63, 3.8) is 0 Å². The van der Waals surface area contributed by atoms with Crippen molar-refractivity contribution in [3.05, 3.63) is 28.8 Å². The lowest BCUT2D eigenvalue weighted by atomic mass is 9.94. The van der Waals surface area contributed by atoms with Crippen LogP contribution in [0.2, 0.25) is 5.02 Å². The first-order valence-corrected chi connectivity index (χ1v) is 6.84. The summed E-state index contributed by atoms with van der Waals surface area (Å²) < 4.78 is 5.10. The Hall–Kier alpha value is -1.30. The van der Waals surface area contributed by atoms with Crippen molar-refractivity contribution < 1.29 is 19.7 Å². The number of methoxy groups -OCH3 is 1. The molecule has 1 aliphatic rings. The number of carbonyl (C=O) groups is 1. The van der Waals surface area contributed by atoms with E-state index in [1.165, 1.54) is 0 Å². The van der Waals surface area contributed by atoms with E-state index in [4.69, 9.17) is 21.4 Å². The number of halogens is 1. The maximum atomic E-state index is 10.9. The highest BCUT2D eigenvalue weighted by Crippen LogP contribution is 2.26. The molecular weight excluding hydrogens is 282 g/mol. The fourth-order valence-electron chi connectivity index (χ4n) is 2.50. The molecule has 6 heteroatoms. The molecule has 2 atom stereocenters. The van der Waals surface area contributed by atoms with E-state index >= 15 is 0 Å². The van der Waals surface area contributed by atoms with Gasteiger partial charge in [-0.2, -0.15) is 0 Å². The molecule has 5 nitrogen and oxygen atoms in total. The summed E-state index contributed by atoms with van der Waals surface area (Å²) >= 11 is 6.07. The molecule has 2 rings (SSSR count). The summed E-state index contributed by atoms with van der Waals surface area (Å²) in [6, 6.07) is 5.55. The number of ether oxygens (including phenoxy) is 1. The number of likely N-dealkylation sites (tertiary alicyclic amines) is 1. The number of aliphatic hydroxyl groups is 1. The number of benzene rings is 1. The Morgan fingerprint density at radius 3 is 2.85 bits per heavy atom. The summed E-state index contributed by atoms with van der Waals surface area (Å²) in [5, 5.41) is 19.4. The number of β-amino-alcohol motifs (C(OH)–C–C–N with tert-alkyl or cyclic N) is 1. The highest BCUT2D eigenvalue weighted by molar-refractivity contribution is 6.32. The molecule has 20 heavy (non-hydrogen) atoms. The smallest absolute Gasteiger partial charge is 0.309 e. The van der Waals surface area contributed by atoms with Crippen LogP contribution in [0.25, 0.3) is 0 Å². The summed E-state index contributed by atoms with van der Waals surface area (Å²) in [4.78, 5) is 13.0. The van der Waals surface area contributed by atoms with Gasteiger partial charge in [0, 0.05) is 13.1 Å². The molecule has 1 aromatic carbocycles. The number of hydrogen-bond donors (Lipinski definition) is 2. The van der Waals surface area contributed by atoms with Crippen LogP contribution in [0.3, 0.4) is 0 Å². The highest BCUT2D eigenvalue weighted by atomic mass is 35.5. The molecule has 0 aliphatic carbocycles. The molecule has 0 unspecified atom stereocenters. The maximum Gasteiger partial charge on any atom is 0.309 e. The van der Waals surface area contributed by atoms with E-state index in [1.54, 1.807) is 13.2 Å². The molecule has 0 spiro atoms. The molecule has 1 saturated heterocycles. The molecule has 0 radical (unpaired) electrons. The van der Waals surface area contributed by atoms with Crippen LogP contribution in [-0.4, -0.2) is 47.4 Å². The molecule has 1 fully saturated rings. The molecular formula is C14H18ClNO4. The van der Waals surface area contributed by atoms with E-state index in [0.717, 1.165) is 5.56 Å². The molecule has 110 valence electrons. The SMILES string of the molecule is COc1ccc(CN2CC[C@H](C(=O)O)[C@H](O)C2)cc1Cl. The Labute approximate surface area is 122 Å². The second kappa shape index (κ2) is 6.43. The lowest BCUT2D eigenvalue weighted by molar-refractivity contribution is -0.148. The van der Waals surface area contributed by atoms with Crippen molar-refractivity contribution in [2.75, 3.05) is 20.2 Å². The van der Waals surface area contributed by atoms with Crippen LogP contribution in [0.1, 0.15) is 12.0 Å². The van der Waals surface area contributed by atoms with Gasteiger partial charge in [0.1, 0.15) is 5.75 Å². The molecule has 2 N–H and O–H groups in total. The number of carboxylic acids is 1. The van der Waals surface area contributed by atoms with Gasteiger partial charge in [0.2, 0.25) is 0 Å². The number of rotatable bonds is 4. The van der Waals surface area contributed by atoms with Gasteiger partial charge in [0.15, 0.2) is 0 Å². The Morgan fingerprint density at radius 1 is 1.55 bits per heavy atom. The normalized spacial score (nSPS) is 23.6. The van der Waals surface area contributed by atoms with Crippen LogP contribution in [0.15, 0.2) is 18.2 Å². The van der Waals surface area contributed by atoms with Crippen LogP contribution in [-0.2, 0) is 11.3 Å². The summed E-state index contributed by atoms with van der Waals surface area (Å²) in [6.45, 7) is 1.64. The Kier molecular flexibility index (Phi) is 4.86. The predicted molar refractivity (Wildman–Crippen MR) is 75.0 cm³/mol. The van der Waals surface area contributed by atoms with Crippen LogP contribution in [0.5, 0.6) is 5.75 Å². The summed E-state index contributed by atoms with van der Waals surface area (Å²) in [5.74, 6) is -0.963. The molecule has 0 amide bonds. The van der Waals surface area contributed by atoms with Crippen LogP contribution >= 0.6 is 11.6 Å². The van der Waals surface area contributed by atoms with E-state index in [-0.39, 0.29) is 0 Å². The average Bonchev–Trinajstić information content (AvgIpc) is 2.38. The van der Waals surface area contributed by atoms with Gasteiger partial charge >= 0.3 is 5.97 Å². The lowest BCUT2D eigenvalue weighted by Gasteiger charge is -2.33. The first kappa shape index (κ1) is 15.1. The van der Waals surface area contributed by atoms with Crippen molar-refractivity contribution in [2.45, 2.75) is 19.1 Å². The van der Waals surface area contributed by atoms with Gasteiger partial charge in [-0.15, -0.1) is 0 Å². The quantitative estimate of drug-likeness (QED) is 0.884. The van der Waals surface area contributed by atoms with E-state index in [1.807, 2.05) is 17.0 Å². The summed E-state index contributed by atoms with van der Waals surface area (Å²) in [6.07, 6.45) is -0.365. The fraction of sp³-hybridized carbons (Fsp3) is 0.500. The molecule has 0 bridgehead atoms. The van der Waals surface area contributed by atoms with Crippen molar-refractivity contribution in [1.82, 2.24) is 4.90 Å². The van der Waals surface area contributed by atoms with Gasteiger partial charge in [-0.3, -0.25) is 9.69 Å². The zero-order valence-corrected chi connectivity index (χ0v) is 12.0. The Balaban J connectivity index is 1.98. The topological polar surface area (TPSA) is 70.0 Å².